The molecular weight excluding hydrogens is 230 g/mol. The largest absolute Gasteiger partial charge is 0.380 e. The zero-order chi connectivity index (χ0) is 13.2. The van der Waals surface area contributed by atoms with Crippen LogP contribution in [0, 0.1) is 0 Å². The SMILES string of the molecule is CCCCOCCN(CC(N)=O)C1CCNCC1. The number of hydrogen-bond acceptors (Lipinski definition) is 4. The van der Waals surface area contributed by atoms with E-state index >= 15 is 0 Å². The molecule has 0 aliphatic carbocycles. The summed E-state index contributed by atoms with van der Waals surface area (Å²) in [6.07, 6.45) is 4.42. The van der Waals surface area contributed by atoms with E-state index in [0.717, 1.165) is 51.9 Å². The molecule has 0 aromatic carbocycles. The van der Waals surface area contributed by atoms with Crippen molar-refractivity contribution in [1.29, 1.82) is 0 Å². The van der Waals surface area contributed by atoms with Gasteiger partial charge in [0, 0.05) is 19.2 Å². The number of carbonyl (C=O) groups is 1. The third-order valence-corrected chi connectivity index (χ3v) is 3.35. The fourth-order valence-electron chi connectivity index (χ4n) is 2.29. The van der Waals surface area contributed by atoms with Gasteiger partial charge in [0.05, 0.1) is 13.2 Å². The van der Waals surface area contributed by atoms with E-state index in [4.69, 9.17) is 10.5 Å². The summed E-state index contributed by atoms with van der Waals surface area (Å²) in [4.78, 5) is 13.3. The summed E-state index contributed by atoms with van der Waals surface area (Å²) in [7, 11) is 0. The molecule has 3 N–H and O–H groups in total. The third-order valence-electron chi connectivity index (χ3n) is 3.35. The van der Waals surface area contributed by atoms with Gasteiger partial charge in [0.25, 0.3) is 0 Å². The second-order valence-corrected chi connectivity index (χ2v) is 4.88. The number of nitrogens with zero attached hydrogens (tertiary/aromatic N) is 1. The van der Waals surface area contributed by atoms with Crippen molar-refractivity contribution in [2.45, 2.75) is 38.6 Å². The Kier molecular flexibility index (Phi) is 7.96. The van der Waals surface area contributed by atoms with Crippen LogP contribution < -0.4 is 11.1 Å². The monoisotopic (exact) mass is 257 g/mol. The Morgan fingerprint density at radius 3 is 2.72 bits per heavy atom. The molecular formula is C13H27N3O2. The first-order chi connectivity index (χ1) is 8.74. The van der Waals surface area contributed by atoms with Gasteiger partial charge in [-0.2, -0.15) is 0 Å². The number of hydrogen-bond donors (Lipinski definition) is 2. The van der Waals surface area contributed by atoms with Crippen molar-refractivity contribution in [3.63, 3.8) is 0 Å². The molecule has 1 aliphatic heterocycles. The first kappa shape index (κ1) is 15.4. The molecule has 0 bridgehead atoms. The molecule has 1 saturated heterocycles. The maximum absolute atomic E-state index is 11.1. The molecule has 18 heavy (non-hydrogen) atoms. The Morgan fingerprint density at radius 2 is 2.11 bits per heavy atom. The molecule has 0 spiro atoms. The van der Waals surface area contributed by atoms with Gasteiger partial charge >= 0.3 is 0 Å². The van der Waals surface area contributed by atoms with E-state index in [2.05, 4.69) is 17.1 Å². The number of amides is 1. The molecule has 1 aliphatic rings. The highest BCUT2D eigenvalue weighted by Crippen LogP contribution is 2.11. The van der Waals surface area contributed by atoms with Crippen LogP contribution in [0.1, 0.15) is 32.6 Å². The minimum atomic E-state index is -0.248. The van der Waals surface area contributed by atoms with Crippen LogP contribution in [-0.2, 0) is 9.53 Å². The van der Waals surface area contributed by atoms with E-state index in [0.29, 0.717) is 19.2 Å². The van der Waals surface area contributed by atoms with Crippen LogP contribution in [-0.4, -0.2) is 56.2 Å². The number of nitrogens with two attached hydrogens (primary N) is 1. The second kappa shape index (κ2) is 9.30. The zero-order valence-corrected chi connectivity index (χ0v) is 11.5. The van der Waals surface area contributed by atoms with Gasteiger partial charge in [-0.25, -0.2) is 0 Å². The summed E-state index contributed by atoms with van der Waals surface area (Å²) < 4.78 is 5.57. The van der Waals surface area contributed by atoms with Crippen molar-refractivity contribution >= 4 is 5.91 Å². The van der Waals surface area contributed by atoms with Crippen molar-refractivity contribution in [2.75, 3.05) is 39.4 Å². The fourth-order valence-corrected chi connectivity index (χ4v) is 2.29. The first-order valence-corrected chi connectivity index (χ1v) is 7.05. The maximum atomic E-state index is 11.1. The second-order valence-electron chi connectivity index (χ2n) is 4.88. The van der Waals surface area contributed by atoms with E-state index < -0.39 is 0 Å². The number of piperidine rings is 1. The van der Waals surface area contributed by atoms with Crippen LogP contribution in [0.3, 0.4) is 0 Å². The lowest BCUT2D eigenvalue weighted by molar-refractivity contribution is -0.120. The molecule has 5 heteroatoms. The molecule has 1 amide bonds. The lowest BCUT2D eigenvalue weighted by Gasteiger charge is -2.33. The Balaban J connectivity index is 2.27. The summed E-state index contributed by atoms with van der Waals surface area (Å²) in [6, 6.07) is 0.466. The van der Waals surface area contributed by atoms with Gasteiger partial charge in [0.2, 0.25) is 5.91 Å². The number of rotatable bonds is 9. The number of unbranched alkanes of at least 4 members (excludes halogenated alkanes) is 1. The van der Waals surface area contributed by atoms with Gasteiger partial charge in [-0.3, -0.25) is 9.69 Å². The minimum Gasteiger partial charge on any atom is -0.380 e. The summed E-state index contributed by atoms with van der Waals surface area (Å²) in [5, 5.41) is 3.33. The van der Waals surface area contributed by atoms with Gasteiger partial charge in [-0.1, -0.05) is 13.3 Å². The molecule has 1 fully saturated rings. The number of carbonyl (C=O) groups excluding carboxylic acids is 1. The van der Waals surface area contributed by atoms with Gasteiger partial charge in [-0.15, -0.1) is 0 Å². The molecule has 0 aromatic heterocycles. The highest BCUT2D eigenvalue weighted by Gasteiger charge is 2.21. The molecule has 1 heterocycles. The standard InChI is InChI=1S/C13H27N3O2/c1-2-3-9-18-10-8-16(11-13(14)17)12-4-6-15-7-5-12/h12,15H,2-11H2,1H3,(H2,14,17). The predicted molar refractivity (Wildman–Crippen MR) is 72.4 cm³/mol. The average Bonchev–Trinajstić information content (AvgIpc) is 2.38. The van der Waals surface area contributed by atoms with Gasteiger partial charge in [0.15, 0.2) is 0 Å². The van der Waals surface area contributed by atoms with Crippen LogP contribution in [0.2, 0.25) is 0 Å². The Hall–Kier alpha value is -0.650. The van der Waals surface area contributed by atoms with Crippen molar-refractivity contribution in [2.24, 2.45) is 5.73 Å². The third kappa shape index (κ3) is 6.33. The molecule has 0 unspecified atom stereocenters. The van der Waals surface area contributed by atoms with Crippen LogP contribution in [0.4, 0.5) is 0 Å². The quantitative estimate of drug-likeness (QED) is 0.585. The number of nitrogens with one attached hydrogen (secondary N) is 1. The van der Waals surface area contributed by atoms with Gasteiger partial charge in [0.1, 0.15) is 0 Å². The summed E-state index contributed by atoms with van der Waals surface area (Å²) in [5.74, 6) is -0.248. The van der Waals surface area contributed by atoms with Gasteiger partial charge in [-0.05, 0) is 32.4 Å². The smallest absolute Gasteiger partial charge is 0.231 e. The summed E-state index contributed by atoms with van der Waals surface area (Å²) in [6.45, 7) is 6.86. The highest BCUT2D eigenvalue weighted by molar-refractivity contribution is 5.75. The zero-order valence-electron chi connectivity index (χ0n) is 11.5. The van der Waals surface area contributed by atoms with Crippen LogP contribution in [0.15, 0.2) is 0 Å². The van der Waals surface area contributed by atoms with Crippen molar-refractivity contribution in [3.8, 4) is 0 Å². The van der Waals surface area contributed by atoms with Crippen molar-refractivity contribution < 1.29 is 9.53 Å². The van der Waals surface area contributed by atoms with E-state index in [1.54, 1.807) is 0 Å². The lowest BCUT2D eigenvalue weighted by Crippen LogP contribution is -2.47. The Bertz CT molecular complexity index is 230. The molecule has 1 rings (SSSR count). The molecule has 0 atom stereocenters. The first-order valence-electron chi connectivity index (χ1n) is 7.05. The minimum absolute atomic E-state index is 0.248. The van der Waals surface area contributed by atoms with E-state index in [9.17, 15) is 4.79 Å². The molecule has 0 aromatic rings. The predicted octanol–water partition coefficient (Wildman–Crippen LogP) is 0.342. The van der Waals surface area contributed by atoms with Crippen LogP contribution in [0.25, 0.3) is 0 Å². The molecule has 5 nitrogen and oxygen atoms in total. The lowest BCUT2D eigenvalue weighted by atomic mass is 10.0. The average molecular weight is 257 g/mol. The molecule has 106 valence electrons. The molecule has 0 saturated carbocycles. The van der Waals surface area contributed by atoms with Gasteiger partial charge < -0.3 is 15.8 Å². The van der Waals surface area contributed by atoms with Crippen LogP contribution in [0.5, 0.6) is 0 Å². The Morgan fingerprint density at radius 1 is 1.39 bits per heavy atom. The van der Waals surface area contributed by atoms with E-state index in [1.807, 2.05) is 0 Å². The normalized spacial score (nSPS) is 17.2. The van der Waals surface area contributed by atoms with Crippen LogP contribution >= 0.6 is 0 Å². The summed E-state index contributed by atoms with van der Waals surface area (Å²) in [5.41, 5.74) is 5.31. The topological polar surface area (TPSA) is 67.6 Å². The van der Waals surface area contributed by atoms with Crippen molar-refractivity contribution in [3.05, 3.63) is 0 Å². The fraction of sp³-hybridized carbons (Fsp3) is 0.923. The van der Waals surface area contributed by atoms with E-state index in [-0.39, 0.29) is 5.91 Å². The highest BCUT2D eigenvalue weighted by atomic mass is 16.5. The number of ether oxygens (including phenoxy) is 1. The van der Waals surface area contributed by atoms with E-state index in [1.165, 1.54) is 0 Å². The maximum Gasteiger partial charge on any atom is 0.231 e. The molecule has 0 radical (unpaired) electrons. The number of primary amides is 1. The Labute approximate surface area is 110 Å². The summed E-state index contributed by atoms with van der Waals surface area (Å²) >= 11 is 0. The van der Waals surface area contributed by atoms with Crippen molar-refractivity contribution in [1.82, 2.24) is 10.2 Å².